The van der Waals surface area contributed by atoms with Crippen LogP contribution in [0.15, 0.2) is 0 Å². The van der Waals surface area contributed by atoms with Crippen molar-refractivity contribution in [2.24, 2.45) is 23.2 Å². The lowest BCUT2D eigenvalue weighted by Gasteiger charge is -2.52. The van der Waals surface area contributed by atoms with Crippen LogP contribution in [0.1, 0.15) is 65.7 Å². The smallest absolute Gasteiger partial charge is 0.0863 e. The third-order valence-electron chi connectivity index (χ3n) is 5.74. The molecule has 0 aromatic carbocycles. The third kappa shape index (κ3) is 2.07. The second-order valence-electron chi connectivity index (χ2n) is 7.09. The summed E-state index contributed by atoms with van der Waals surface area (Å²) in [6.45, 7) is 6.62. The number of nitrogens with zero attached hydrogens (tertiary/aromatic N) is 1. The molecule has 102 valence electrons. The standard InChI is InChI=1S/C16H27NO/c1-12-6-8-15(11-17,9-7-12)16(18)10-13(2)4-5-14(16)3/h12-14,18H,4-10H2,1-3H3. The van der Waals surface area contributed by atoms with Crippen LogP contribution in [-0.4, -0.2) is 10.7 Å². The first-order valence-corrected chi connectivity index (χ1v) is 7.57. The monoisotopic (exact) mass is 249 g/mol. The molecule has 2 aliphatic carbocycles. The fourth-order valence-corrected chi connectivity index (χ4v) is 4.17. The van der Waals surface area contributed by atoms with Crippen LogP contribution in [0.5, 0.6) is 0 Å². The van der Waals surface area contributed by atoms with Crippen molar-refractivity contribution in [1.29, 1.82) is 5.26 Å². The Balaban J connectivity index is 2.28. The van der Waals surface area contributed by atoms with Crippen LogP contribution in [0.25, 0.3) is 0 Å². The average molecular weight is 249 g/mol. The largest absolute Gasteiger partial charge is 0.388 e. The second-order valence-corrected chi connectivity index (χ2v) is 7.09. The summed E-state index contributed by atoms with van der Waals surface area (Å²) in [6, 6.07) is 2.55. The number of nitriles is 1. The molecule has 2 nitrogen and oxygen atoms in total. The Morgan fingerprint density at radius 1 is 1.00 bits per heavy atom. The van der Waals surface area contributed by atoms with Gasteiger partial charge >= 0.3 is 0 Å². The predicted octanol–water partition coefficient (Wildman–Crippen LogP) is 3.89. The number of hydrogen-bond donors (Lipinski definition) is 1. The van der Waals surface area contributed by atoms with Crippen molar-refractivity contribution in [3.63, 3.8) is 0 Å². The maximum Gasteiger partial charge on any atom is 0.0863 e. The van der Waals surface area contributed by atoms with Crippen LogP contribution in [0.3, 0.4) is 0 Å². The normalized spacial score (nSPS) is 49.6. The maximum absolute atomic E-state index is 11.2. The summed E-state index contributed by atoms with van der Waals surface area (Å²) in [5, 5.41) is 21.0. The Morgan fingerprint density at radius 3 is 2.17 bits per heavy atom. The van der Waals surface area contributed by atoms with Crippen LogP contribution >= 0.6 is 0 Å². The summed E-state index contributed by atoms with van der Waals surface area (Å²) in [4.78, 5) is 0. The average Bonchev–Trinajstić information content (AvgIpc) is 2.35. The van der Waals surface area contributed by atoms with Gasteiger partial charge in [-0.2, -0.15) is 5.26 Å². The highest BCUT2D eigenvalue weighted by atomic mass is 16.3. The molecular weight excluding hydrogens is 222 g/mol. The predicted molar refractivity (Wildman–Crippen MR) is 72.8 cm³/mol. The Hall–Kier alpha value is -0.550. The van der Waals surface area contributed by atoms with Crippen molar-refractivity contribution < 1.29 is 5.11 Å². The lowest BCUT2D eigenvalue weighted by Crippen LogP contribution is -2.56. The Labute approximate surface area is 111 Å². The fourth-order valence-electron chi connectivity index (χ4n) is 4.17. The van der Waals surface area contributed by atoms with E-state index in [9.17, 15) is 10.4 Å². The molecule has 0 amide bonds. The zero-order chi connectivity index (χ0) is 13.4. The van der Waals surface area contributed by atoms with E-state index in [1.54, 1.807) is 0 Å². The van der Waals surface area contributed by atoms with Gasteiger partial charge in [-0.15, -0.1) is 0 Å². The van der Waals surface area contributed by atoms with Crippen LogP contribution < -0.4 is 0 Å². The first kappa shape index (κ1) is 13.9. The van der Waals surface area contributed by atoms with Crippen molar-refractivity contribution in [2.75, 3.05) is 0 Å². The van der Waals surface area contributed by atoms with E-state index >= 15 is 0 Å². The number of rotatable bonds is 1. The van der Waals surface area contributed by atoms with E-state index < -0.39 is 11.0 Å². The Morgan fingerprint density at radius 2 is 1.61 bits per heavy atom. The molecule has 0 bridgehead atoms. The SMILES string of the molecule is CC1CCC(C#N)(C2(O)CC(C)CCC2C)CC1. The fraction of sp³-hybridized carbons (Fsp3) is 0.938. The van der Waals surface area contributed by atoms with Gasteiger partial charge < -0.3 is 5.11 Å². The van der Waals surface area contributed by atoms with Gasteiger partial charge in [-0.3, -0.25) is 0 Å². The highest BCUT2D eigenvalue weighted by Gasteiger charge is 2.56. The highest BCUT2D eigenvalue weighted by molar-refractivity contribution is 5.15. The topological polar surface area (TPSA) is 44.0 Å². The molecule has 18 heavy (non-hydrogen) atoms. The van der Waals surface area contributed by atoms with Gasteiger partial charge in [-0.1, -0.05) is 27.2 Å². The molecule has 2 heteroatoms. The van der Waals surface area contributed by atoms with Crippen LogP contribution in [0.2, 0.25) is 0 Å². The van der Waals surface area contributed by atoms with Crippen molar-refractivity contribution >= 4 is 0 Å². The lowest BCUT2D eigenvalue weighted by molar-refractivity contribution is -0.145. The van der Waals surface area contributed by atoms with Crippen molar-refractivity contribution in [3.05, 3.63) is 0 Å². The van der Waals surface area contributed by atoms with Crippen LogP contribution in [-0.2, 0) is 0 Å². The van der Waals surface area contributed by atoms with Crippen LogP contribution in [0.4, 0.5) is 0 Å². The minimum absolute atomic E-state index is 0.266. The van der Waals surface area contributed by atoms with E-state index in [-0.39, 0.29) is 5.92 Å². The molecule has 0 heterocycles. The minimum Gasteiger partial charge on any atom is -0.388 e. The molecule has 0 aromatic heterocycles. The van der Waals surface area contributed by atoms with E-state index in [4.69, 9.17) is 0 Å². The van der Waals surface area contributed by atoms with Crippen LogP contribution in [0, 0.1) is 34.5 Å². The zero-order valence-corrected chi connectivity index (χ0v) is 12.1. The Bertz CT molecular complexity index is 337. The second kappa shape index (κ2) is 4.85. The lowest BCUT2D eigenvalue weighted by atomic mass is 9.54. The first-order chi connectivity index (χ1) is 8.43. The summed E-state index contributed by atoms with van der Waals surface area (Å²) in [5.41, 5.74) is -1.23. The molecule has 0 aliphatic heterocycles. The van der Waals surface area contributed by atoms with Gasteiger partial charge in [0.25, 0.3) is 0 Å². The molecule has 1 N–H and O–H groups in total. The van der Waals surface area contributed by atoms with Gasteiger partial charge in [0.1, 0.15) is 0 Å². The maximum atomic E-state index is 11.2. The highest BCUT2D eigenvalue weighted by Crippen LogP contribution is 2.54. The summed E-state index contributed by atoms with van der Waals surface area (Å²) < 4.78 is 0. The molecule has 3 atom stereocenters. The summed E-state index contributed by atoms with van der Waals surface area (Å²) >= 11 is 0. The summed E-state index contributed by atoms with van der Waals surface area (Å²) in [6.07, 6.45) is 7.04. The van der Waals surface area contributed by atoms with Crippen molar-refractivity contribution in [3.8, 4) is 6.07 Å². The molecule has 3 unspecified atom stereocenters. The van der Waals surface area contributed by atoms with Crippen molar-refractivity contribution in [2.45, 2.75) is 71.3 Å². The zero-order valence-electron chi connectivity index (χ0n) is 12.1. The van der Waals surface area contributed by atoms with E-state index in [1.807, 2.05) is 0 Å². The van der Waals surface area contributed by atoms with E-state index in [2.05, 4.69) is 26.8 Å². The molecule has 0 saturated heterocycles. The minimum atomic E-state index is -0.750. The van der Waals surface area contributed by atoms with Gasteiger partial charge in [0, 0.05) is 0 Å². The summed E-state index contributed by atoms with van der Waals surface area (Å²) in [5.74, 6) is 1.53. The quantitative estimate of drug-likeness (QED) is 0.766. The van der Waals surface area contributed by atoms with Gasteiger partial charge in [0.05, 0.1) is 17.1 Å². The van der Waals surface area contributed by atoms with Gasteiger partial charge in [0.2, 0.25) is 0 Å². The summed E-state index contributed by atoms with van der Waals surface area (Å²) in [7, 11) is 0. The molecule has 2 fully saturated rings. The molecule has 2 rings (SSSR count). The first-order valence-electron chi connectivity index (χ1n) is 7.57. The molecule has 0 radical (unpaired) electrons. The van der Waals surface area contributed by atoms with E-state index in [0.29, 0.717) is 11.8 Å². The molecule has 2 aliphatic rings. The van der Waals surface area contributed by atoms with Gasteiger partial charge in [0.15, 0.2) is 0 Å². The number of aliphatic hydroxyl groups is 1. The molecule has 0 aromatic rings. The third-order valence-corrected chi connectivity index (χ3v) is 5.74. The van der Waals surface area contributed by atoms with Crippen molar-refractivity contribution in [1.82, 2.24) is 0 Å². The molecule has 2 saturated carbocycles. The van der Waals surface area contributed by atoms with E-state index in [0.717, 1.165) is 38.5 Å². The van der Waals surface area contributed by atoms with E-state index in [1.165, 1.54) is 6.42 Å². The molecular formula is C16H27NO. The molecule has 0 spiro atoms. The number of hydrogen-bond acceptors (Lipinski definition) is 2. The van der Waals surface area contributed by atoms with Gasteiger partial charge in [-0.05, 0) is 56.3 Å². The van der Waals surface area contributed by atoms with Gasteiger partial charge in [-0.25, -0.2) is 0 Å². The Kier molecular flexibility index (Phi) is 3.74.